The molecule has 0 aliphatic rings. The summed E-state index contributed by atoms with van der Waals surface area (Å²) in [5, 5.41) is 0. The van der Waals surface area contributed by atoms with E-state index in [4.69, 9.17) is 16.2 Å². The van der Waals surface area contributed by atoms with Crippen LogP contribution in [-0.4, -0.2) is 7.11 Å². The van der Waals surface area contributed by atoms with Crippen molar-refractivity contribution in [2.75, 3.05) is 18.6 Å². The van der Waals surface area contributed by atoms with Crippen LogP contribution in [0.1, 0.15) is 16.7 Å². The largest absolute Gasteiger partial charge is 0.496 e. The highest BCUT2D eigenvalue weighted by molar-refractivity contribution is 5.73. The Kier molecular flexibility index (Phi) is 2.36. The summed E-state index contributed by atoms with van der Waals surface area (Å²) < 4.78 is 5.23. The molecule has 0 atom stereocenters. The third-order valence-corrected chi connectivity index (χ3v) is 2.50. The summed E-state index contributed by atoms with van der Waals surface area (Å²) in [5.41, 5.74) is 16.0. The monoisotopic (exact) mass is 180 g/mol. The summed E-state index contributed by atoms with van der Waals surface area (Å²) in [6.45, 7) is 5.80. The molecule has 0 saturated heterocycles. The highest BCUT2D eigenvalue weighted by Crippen LogP contribution is 2.35. The molecule has 0 radical (unpaired) electrons. The van der Waals surface area contributed by atoms with Crippen LogP contribution in [0.25, 0.3) is 0 Å². The molecule has 3 nitrogen and oxygen atoms in total. The van der Waals surface area contributed by atoms with Crippen LogP contribution in [0.3, 0.4) is 0 Å². The zero-order valence-corrected chi connectivity index (χ0v) is 8.56. The Morgan fingerprint density at radius 1 is 0.846 bits per heavy atom. The number of benzene rings is 1. The third-order valence-electron chi connectivity index (χ3n) is 2.50. The minimum Gasteiger partial charge on any atom is -0.496 e. The van der Waals surface area contributed by atoms with Gasteiger partial charge in [0.25, 0.3) is 0 Å². The van der Waals surface area contributed by atoms with Crippen molar-refractivity contribution in [1.82, 2.24) is 0 Å². The van der Waals surface area contributed by atoms with Crippen molar-refractivity contribution in [3.8, 4) is 5.75 Å². The van der Waals surface area contributed by atoms with Crippen LogP contribution >= 0.6 is 0 Å². The molecule has 72 valence electrons. The maximum Gasteiger partial charge on any atom is 0.128 e. The average molecular weight is 180 g/mol. The first-order chi connectivity index (χ1) is 6.00. The van der Waals surface area contributed by atoms with E-state index in [1.807, 2.05) is 20.8 Å². The molecule has 0 unspecified atom stereocenters. The molecule has 0 fully saturated rings. The fourth-order valence-electron chi connectivity index (χ4n) is 1.54. The minimum absolute atomic E-state index is 0.722. The van der Waals surface area contributed by atoms with Gasteiger partial charge >= 0.3 is 0 Å². The highest BCUT2D eigenvalue weighted by Gasteiger charge is 2.13. The number of rotatable bonds is 1. The molecular formula is C10H16N2O. The SMILES string of the molecule is COc1c(C)c(N)c(C)c(N)c1C. The topological polar surface area (TPSA) is 61.3 Å². The van der Waals surface area contributed by atoms with Crippen molar-refractivity contribution >= 4 is 11.4 Å². The van der Waals surface area contributed by atoms with Crippen LogP contribution in [0.4, 0.5) is 11.4 Å². The van der Waals surface area contributed by atoms with E-state index in [-0.39, 0.29) is 0 Å². The zero-order chi connectivity index (χ0) is 10.2. The average Bonchev–Trinajstić information content (AvgIpc) is 2.13. The lowest BCUT2D eigenvalue weighted by molar-refractivity contribution is 0.409. The van der Waals surface area contributed by atoms with Crippen LogP contribution in [0.2, 0.25) is 0 Å². The second kappa shape index (κ2) is 3.17. The van der Waals surface area contributed by atoms with E-state index in [2.05, 4.69) is 0 Å². The lowest BCUT2D eigenvalue weighted by Crippen LogP contribution is -2.04. The first kappa shape index (κ1) is 9.71. The Balaban J connectivity index is 3.56. The zero-order valence-electron chi connectivity index (χ0n) is 8.56. The lowest BCUT2D eigenvalue weighted by Gasteiger charge is -2.16. The van der Waals surface area contributed by atoms with Gasteiger partial charge in [0.15, 0.2) is 0 Å². The first-order valence-corrected chi connectivity index (χ1v) is 4.19. The van der Waals surface area contributed by atoms with Crippen LogP contribution in [-0.2, 0) is 0 Å². The molecule has 1 aromatic carbocycles. The van der Waals surface area contributed by atoms with Crippen molar-refractivity contribution in [3.05, 3.63) is 16.7 Å². The Morgan fingerprint density at radius 2 is 1.23 bits per heavy atom. The van der Waals surface area contributed by atoms with E-state index < -0.39 is 0 Å². The summed E-state index contributed by atoms with van der Waals surface area (Å²) in [4.78, 5) is 0. The predicted molar refractivity (Wildman–Crippen MR) is 56.0 cm³/mol. The van der Waals surface area contributed by atoms with E-state index in [1.165, 1.54) is 0 Å². The van der Waals surface area contributed by atoms with Crippen LogP contribution in [0.15, 0.2) is 0 Å². The maximum atomic E-state index is 5.87. The fraction of sp³-hybridized carbons (Fsp3) is 0.400. The molecule has 0 bridgehead atoms. The molecular weight excluding hydrogens is 164 g/mol. The fourth-order valence-corrected chi connectivity index (χ4v) is 1.54. The van der Waals surface area contributed by atoms with E-state index in [9.17, 15) is 0 Å². The highest BCUT2D eigenvalue weighted by atomic mass is 16.5. The van der Waals surface area contributed by atoms with Crippen molar-refractivity contribution in [2.45, 2.75) is 20.8 Å². The van der Waals surface area contributed by atoms with Crippen molar-refractivity contribution in [1.29, 1.82) is 0 Å². The van der Waals surface area contributed by atoms with E-state index >= 15 is 0 Å². The number of hydrogen-bond acceptors (Lipinski definition) is 3. The summed E-state index contributed by atoms with van der Waals surface area (Å²) >= 11 is 0. The van der Waals surface area contributed by atoms with Gasteiger partial charge in [0.05, 0.1) is 7.11 Å². The third kappa shape index (κ3) is 1.30. The van der Waals surface area contributed by atoms with Gasteiger partial charge in [0.2, 0.25) is 0 Å². The van der Waals surface area contributed by atoms with Crippen molar-refractivity contribution in [2.24, 2.45) is 0 Å². The molecule has 0 aromatic heterocycles. The second-order valence-corrected chi connectivity index (χ2v) is 3.24. The van der Waals surface area contributed by atoms with Crippen molar-refractivity contribution in [3.63, 3.8) is 0 Å². The summed E-state index contributed by atoms with van der Waals surface area (Å²) in [7, 11) is 1.63. The molecule has 0 saturated carbocycles. The molecule has 3 heteroatoms. The first-order valence-electron chi connectivity index (χ1n) is 4.19. The van der Waals surface area contributed by atoms with E-state index in [0.717, 1.165) is 33.8 Å². The molecule has 0 heterocycles. The standard InChI is InChI=1S/C10H16N2O/c1-5-8(11)6(2)10(13-4)7(3)9(5)12/h11-12H2,1-4H3. The van der Waals surface area contributed by atoms with Gasteiger partial charge in [0.1, 0.15) is 5.75 Å². The van der Waals surface area contributed by atoms with Gasteiger partial charge in [-0.15, -0.1) is 0 Å². The van der Waals surface area contributed by atoms with Gasteiger partial charge < -0.3 is 16.2 Å². The molecule has 4 N–H and O–H groups in total. The number of nitrogens with two attached hydrogens (primary N) is 2. The Labute approximate surface area is 78.7 Å². The van der Waals surface area contributed by atoms with E-state index in [0.29, 0.717) is 0 Å². The number of hydrogen-bond donors (Lipinski definition) is 2. The summed E-state index contributed by atoms with van der Waals surface area (Å²) in [5.74, 6) is 0.792. The molecule has 0 amide bonds. The smallest absolute Gasteiger partial charge is 0.128 e. The molecule has 13 heavy (non-hydrogen) atoms. The summed E-state index contributed by atoms with van der Waals surface area (Å²) in [6.07, 6.45) is 0. The molecule has 1 aromatic rings. The van der Waals surface area contributed by atoms with E-state index in [1.54, 1.807) is 7.11 Å². The Morgan fingerprint density at radius 3 is 1.54 bits per heavy atom. The number of ether oxygens (including phenoxy) is 1. The van der Waals surface area contributed by atoms with Gasteiger partial charge in [-0.2, -0.15) is 0 Å². The Hall–Kier alpha value is -1.38. The number of nitrogen functional groups attached to an aromatic ring is 2. The maximum absolute atomic E-state index is 5.87. The van der Waals surface area contributed by atoms with Gasteiger partial charge in [-0.05, 0) is 26.3 Å². The van der Waals surface area contributed by atoms with Crippen molar-refractivity contribution < 1.29 is 4.74 Å². The van der Waals surface area contributed by atoms with Crippen LogP contribution in [0.5, 0.6) is 5.75 Å². The number of anilines is 2. The summed E-state index contributed by atoms with van der Waals surface area (Å²) in [6, 6.07) is 0. The quantitative estimate of drug-likeness (QED) is 0.648. The number of methoxy groups -OCH3 is 1. The minimum atomic E-state index is 0.722. The molecule has 1 rings (SSSR count). The molecule has 0 aliphatic carbocycles. The van der Waals surface area contributed by atoms with Gasteiger partial charge in [0, 0.05) is 22.5 Å². The second-order valence-electron chi connectivity index (χ2n) is 3.24. The lowest BCUT2D eigenvalue weighted by atomic mass is 10.0. The normalized spacial score (nSPS) is 10.2. The predicted octanol–water partition coefficient (Wildman–Crippen LogP) is 1.78. The van der Waals surface area contributed by atoms with Gasteiger partial charge in [-0.25, -0.2) is 0 Å². The molecule has 0 aliphatic heterocycles. The van der Waals surface area contributed by atoms with Crippen LogP contribution in [0, 0.1) is 20.8 Å². The van der Waals surface area contributed by atoms with Gasteiger partial charge in [-0.3, -0.25) is 0 Å². The molecule has 0 spiro atoms. The van der Waals surface area contributed by atoms with Gasteiger partial charge in [-0.1, -0.05) is 0 Å². The Bertz CT molecular complexity index is 316. The van der Waals surface area contributed by atoms with Crippen LogP contribution < -0.4 is 16.2 Å².